The number of Topliss-reactive ketones (excluding diaryl/α,β-unsaturated/α-hetero) is 1. The van der Waals surface area contributed by atoms with Crippen molar-refractivity contribution < 1.29 is 24.5 Å². The number of carbonyl (C=O) groups excluding carboxylic acids is 2. The topological polar surface area (TPSA) is 96.7 Å². The number of esters is 1. The maximum absolute atomic E-state index is 13.2. The molecule has 1 aromatic heterocycles. The van der Waals surface area contributed by atoms with Crippen molar-refractivity contribution in [3.8, 4) is 0 Å². The highest BCUT2D eigenvalue weighted by molar-refractivity contribution is 5.88. The van der Waals surface area contributed by atoms with E-state index in [4.69, 9.17) is 4.74 Å². The first-order chi connectivity index (χ1) is 16.9. The highest BCUT2D eigenvalue weighted by atomic mass is 16.5. The van der Waals surface area contributed by atoms with E-state index in [1.54, 1.807) is 20.8 Å². The first-order valence-electron chi connectivity index (χ1n) is 13.3. The summed E-state index contributed by atoms with van der Waals surface area (Å²) in [5.41, 5.74) is 4.20. The summed E-state index contributed by atoms with van der Waals surface area (Å²) in [6.07, 6.45) is 6.22. The standard InChI is InChI=1S/C30H43NO5/c1-18-9-7-8-10-25(32)21(4)29(35)30(5,6)26(33)16-27(34)36-28-20(3)23(15-22(28)13-11-18)24-14-12-19(2)17-31-24/h11-12,14,17,21-22,25-26,28,32-33H,7-10,13,15-16H2,1-6H3/b18-11-/t21-,22?,25+,26+,28-/m1/s1. The van der Waals surface area contributed by atoms with E-state index in [0.717, 1.165) is 54.5 Å². The van der Waals surface area contributed by atoms with Gasteiger partial charge in [0.2, 0.25) is 0 Å². The number of fused-ring (bicyclic) bond motifs is 1. The van der Waals surface area contributed by atoms with E-state index in [1.807, 2.05) is 32.2 Å². The third kappa shape index (κ3) is 6.51. The lowest BCUT2D eigenvalue weighted by Crippen LogP contribution is -2.44. The second kappa shape index (κ2) is 11.8. The van der Waals surface area contributed by atoms with Crippen molar-refractivity contribution >= 4 is 17.3 Å². The van der Waals surface area contributed by atoms with E-state index in [1.165, 1.54) is 5.57 Å². The fraction of sp³-hybridized carbons (Fsp3) is 0.633. The van der Waals surface area contributed by atoms with Crippen LogP contribution in [0.4, 0.5) is 0 Å². The predicted octanol–water partition coefficient (Wildman–Crippen LogP) is 5.35. The summed E-state index contributed by atoms with van der Waals surface area (Å²) in [7, 11) is 0. The Balaban J connectivity index is 1.89. The molecule has 2 aliphatic rings. The van der Waals surface area contributed by atoms with Crippen LogP contribution in [0, 0.1) is 24.2 Å². The smallest absolute Gasteiger partial charge is 0.309 e. The second-order valence-corrected chi connectivity index (χ2v) is 11.5. The van der Waals surface area contributed by atoms with E-state index in [2.05, 4.69) is 18.0 Å². The summed E-state index contributed by atoms with van der Waals surface area (Å²) in [6.45, 7) is 11.1. The van der Waals surface area contributed by atoms with Crippen LogP contribution in [-0.4, -0.2) is 45.3 Å². The molecule has 3 rings (SSSR count). The quantitative estimate of drug-likeness (QED) is 0.401. The number of aromatic nitrogens is 1. The number of rotatable bonds is 1. The van der Waals surface area contributed by atoms with Crippen molar-refractivity contribution in [3.63, 3.8) is 0 Å². The second-order valence-electron chi connectivity index (χ2n) is 11.5. The van der Waals surface area contributed by atoms with E-state index < -0.39 is 35.6 Å². The number of nitrogens with zero attached hydrogens (tertiary/aromatic N) is 1. The molecule has 0 radical (unpaired) electrons. The van der Waals surface area contributed by atoms with Gasteiger partial charge in [0.25, 0.3) is 0 Å². The van der Waals surface area contributed by atoms with Gasteiger partial charge in [0.1, 0.15) is 11.9 Å². The van der Waals surface area contributed by atoms with Gasteiger partial charge in [-0.3, -0.25) is 14.6 Å². The number of hydrogen-bond donors (Lipinski definition) is 2. The monoisotopic (exact) mass is 497 g/mol. The van der Waals surface area contributed by atoms with Crippen LogP contribution in [0.25, 0.3) is 5.57 Å². The summed E-state index contributed by atoms with van der Waals surface area (Å²) in [4.78, 5) is 30.8. The third-order valence-corrected chi connectivity index (χ3v) is 8.19. The summed E-state index contributed by atoms with van der Waals surface area (Å²) >= 11 is 0. The SMILES string of the molecule is CC1=C(c2ccc(C)cn2)CC2C/C=C(/C)CCCC[C@H](O)[C@@H](C)C(=O)C(C)(C)[C@@H](O)CC(=O)O[C@H]12. The fourth-order valence-corrected chi connectivity index (χ4v) is 5.39. The van der Waals surface area contributed by atoms with E-state index in [9.17, 15) is 19.8 Å². The minimum atomic E-state index is -1.20. The molecule has 36 heavy (non-hydrogen) atoms. The van der Waals surface area contributed by atoms with E-state index in [-0.39, 0.29) is 18.1 Å². The van der Waals surface area contributed by atoms with Crippen molar-refractivity contribution in [1.82, 2.24) is 4.98 Å². The molecular formula is C30H43NO5. The van der Waals surface area contributed by atoms with Gasteiger partial charge in [0.15, 0.2) is 0 Å². The summed E-state index contributed by atoms with van der Waals surface area (Å²) < 4.78 is 6.00. The van der Waals surface area contributed by atoms with Crippen LogP contribution in [0.1, 0.15) is 90.8 Å². The molecule has 6 nitrogen and oxygen atoms in total. The molecule has 1 aliphatic heterocycles. The Morgan fingerprint density at radius 1 is 1.06 bits per heavy atom. The maximum atomic E-state index is 13.2. The van der Waals surface area contributed by atoms with Crippen molar-refractivity contribution in [2.75, 3.05) is 0 Å². The molecule has 0 spiro atoms. The Kier molecular flexibility index (Phi) is 9.28. The molecule has 0 amide bonds. The van der Waals surface area contributed by atoms with Crippen molar-refractivity contribution in [2.45, 2.75) is 105 Å². The van der Waals surface area contributed by atoms with Crippen molar-refractivity contribution in [2.24, 2.45) is 17.3 Å². The Morgan fingerprint density at radius 2 is 1.78 bits per heavy atom. The van der Waals surface area contributed by atoms with Crippen molar-refractivity contribution in [3.05, 3.63) is 46.8 Å². The minimum absolute atomic E-state index is 0.0892. The Morgan fingerprint density at radius 3 is 2.44 bits per heavy atom. The molecule has 0 saturated carbocycles. The zero-order valence-electron chi connectivity index (χ0n) is 22.7. The van der Waals surface area contributed by atoms with Crippen LogP contribution in [0.15, 0.2) is 35.6 Å². The lowest BCUT2D eigenvalue weighted by Gasteiger charge is -2.33. The summed E-state index contributed by atoms with van der Waals surface area (Å²) in [5, 5.41) is 21.5. The number of pyridine rings is 1. The number of carbonyl (C=O) groups is 2. The average molecular weight is 498 g/mol. The molecule has 5 atom stereocenters. The first kappa shape index (κ1) is 28.3. The minimum Gasteiger partial charge on any atom is -0.457 e. The molecule has 0 fully saturated rings. The molecule has 2 heterocycles. The molecule has 1 unspecified atom stereocenters. The van der Waals surface area contributed by atoms with Gasteiger partial charge in [-0.05, 0) is 75.7 Å². The third-order valence-electron chi connectivity index (χ3n) is 8.19. The lowest BCUT2D eigenvalue weighted by molar-refractivity contribution is -0.155. The number of ketones is 1. The van der Waals surface area contributed by atoms with Gasteiger partial charge in [0, 0.05) is 18.0 Å². The summed E-state index contributed by atoms with van der Waals surface area (Å²) in [6, 6.07) is 4.06. The van der Waals surface area contributed by atoms with Crippen molar-refractivity contribution in [1.29, 1.82) is 0 Å². The Labute approximate surface area is 215 Å². The highest BCUT2D eigenvalue weighted by Crippen LogP contribution is 2.41. The number of allylic oxidation sites excluding steroid dienone is 3. The van der Waals surface area contributed by atoms with Gasteiger partial charge in [-0.25, -0.2) is 0 Å². The van der Waals surface area contributed by atoms with Crippen LogP contribution in [-0.2, 0) is 14.3 Å². The molecule has 2 N–H and O–H groups in total. The van der Waals surface area contributed by atoms with Gasteiger partial charge in [-0.2, -0.15) is 0 Å². The van der Waals surface area contributed by atoms with Gasteiger partial charge in [0.05, 0.1) is 29.7 Å². The van der Waals surface area contributed by atoms with E-state index >= 15 is 0 Å². The Hall–Kier alpha value is -2.31. The Bertz CT molecular complexity index is 1010. The summed E-state index contributed by atoms with van der Waals surface area (Å²) in [5.74, 6) is -1.29. The molecular weight excluding hydrogens is 454 g/mol. The zero-order chi connectivity index (χ0) is 26.6. The maximum Gasteiger partial charge on any atom is 0.309 e. The molecule has 1 aliphatic carbocycles. The number of ether oxygens (including phenoxy) is 1. The van der Waals surface area contributed by atoms with Crippen LogP contribution < -0.4 is 0 Å². The molecule has 1 aromatic rings. The van der Waals surface area contributed by atoms with Crippen LogP contribution in [0.3, 0.4) is 0 Å². The molecule has 0 bridgehead atoms. The van der Waals surface area contributed by atoms with Gasteiger partial charge >= 0.3 is 5.97 Å². The molecule has 0 saturated heterocycles. The number of hydrogen-bond acceptors (Lipinski definition) is 6. The number of aryl methyl sites for hydroxylation is 1. The average Bonchev–Trinajstić information content (AvgIpc) is 3.14. The molecule has 198 valence electrons. The van der Waals surface area contributed by atoms with E-state index in [0.29, 0.717) is 6.42 Å². The molecule has 6 heteroatoms. The van der Waals surface area contributed by atoms with Crippen LogP contribution in [0.5, 0.6) is 0 Å². The fourth-order valence-electron chi connectivity index (χ4n) is 5.39. The number of aliphatic hydroxyl groups is 2. The lowest BCUT2D eigenvalue weighted by atomic mass is 9.74. The first-order valence-corrected chi connectivity index (χ1v) is 13.3. The van der Waals surface area contributed by atoms with Crippen LogP contribution >= 0.6 is 0 Å². The normalized spacial score (nSPS) is 32.3. The number of aliphatic hydroxyl groups excluding tert-OH is 2. The zero-order valence-corrected chi connectivity index (χ0v) is 22.7. The van der Waals surface area contributed by atoms with Gasteiger partial charge < -0.3 is 14.9 Å². The largest absolute Gasteiger partial charge is 0.457 e. The van der Waals surface area contributed by atoms with Crippen LogP contribution in [0.2, 0.25) is 0 Å². The highest BCUT2D eigenvalue weighted by Gasteiger charge is 2.42. The molecule has 0 aromatic carbocycles. The predicted molar refractivity (Wildman–Crippen MR) is 141 cm³/mol. The van der Waals surface area contributed by atoms with Gasteiger partial charge in [-0.15, -0.1) is 0 Å². The van der Waals surface area contributed by atoms with Gasteiger partial charge in [-0.1, -0.05) is 44.9 Å².